The third-order valence-corrected chi connectivity index (χ3v) is 4.97. The van der Waals surface area contributed by atoms with Crippen LogP contribution in [0.5, 0.6) is 0 Å². The van der Waals surface area contributed by atoms with Crippen LogP contribution in [0.3, 0.4) is 0 Å². The molecule has 0 fully saturated rings. The number of nitrogens with zero attached hydrogens (tertiary/aromatic N) is 2. The number of carbonyl (C=O) groups excluding carboxylic acids is 1. The van der Waals surface area contributed by atoms with E-state index in [0.29, 0.717) is 18.6 Å². The molecule has 0 aliphatic carbocycles. The standard InChI is InChI=1S/C10H10BrN.C9H7N.C5H10O/c1-10(2)6-12-9-4-3-7(11)5-8(9)10;1-2-6-9-8(4-1)5-3-7-10-9;1-3-5(6)4-2/h3-6H,1-2H3;1-7H;3-4H2,1-2H3. The van der Waals surface area contributed by atoms with Gasteiger partial charge in [-0.05, 0) is 35.9 Å². The third-order valence-electron chi connectivity index (χ3n) is 4.48. The fourth-order valence-corrected chi connectivity index (χ4v) is 3.06. The highest BCUT2D eigenvalue weighted by molar-refractivity contribution is 9.10. The van der Waals surface area contributed by atoms with Gasteiger partial charge in [0.1, 0.15) is 5.78 Å². The van der Waals surface area contributed by atoms with Crippen molar-refractivity contribution in [3.05, 3.63) is 70.8 Å². The van der Waals surface area contributed by atoms with Crippen LogP contribution in [0.25, 0.3) is 10.9 Å². The van der Waals surface area contributed by atoms with Crippen LogP contribution < -0.4 is 0 Å². The number of para-hydroxylation sites is 1. The Hall–Kier alpha value is -2.33. The fourth-order valence-electron chi connectivity index (χ4n) is 2.70. The van der Waals surface area contributed by atoms with Gasteiger partial charge in [0.2, 0.25) is 0 Å². The number of aliphatic imine (C=N–C) groups is 1. The first kappa shape index (κ1) is 22.0. The monoisotopic (exact) mass is 438 g/mol. The number of benzene rings is 2. The van der Waals surface area contributed by atoms with Gasteiger partial charge in [0.15, 0.2) is 0 Å². The van der Waals surface area contributed by atoms with Crippen molar-refractivity contribution in [2.75, 3.05) is 0 Å². The summed E-state index contributed by atoms with van der Waals surface area (Å²) in [6, 6.07) is 18.3. The van der Waals surface area contributed by atoms with Crippen molar-refractivity contribution in [3.63, 3.8) is 0 Å². The second kappa shape index (κ2) is 10.3. The minimum Gasteiger partial charge on any atom is -0.300 e. The molecule has 0 N–H and O–H groups in total. The van der Waals surface area contributed by atoms with E-state index in [1.807, 2.05) is 62.7 Å². The molecule has 3 nitrogen and oxygen atoms in total. The van der Waals surface area contributed by atoms with E-state index in [1.54, 1.807) is 0 Å². The lowest BCUT2D eigenvalue weighted by Crippen LogP contribution is -2.14. The van der Waals surface area contributed by atoms with Crippen LogP contribution in [0.2, 0.25) is 0 Å². The van der Waals surface area contributed by atoms with E-state index < -0.39 is 0 Å². The predicted octanol–water partition coefficient (Wildman–Crippen LogP) is 7.05. The molecule has 0 unspecified atom stereocenters. The van der Waals surface area contributed by atoms with Gasteiger partial charge in [-0.1, -0.05) is 67.9 Å². The first-order valence-electron chi connectivity index (χ1n) is 9.54. The molecule has 4 heteroatoms. The molecule has 0 radical (unpaired) electrons. The van der Waals surface area contributed by atoms with Crippen molar-refractivity contribution in [1.29, 1.82) is 0 Å². The van der Waals surface area contributed by atoms with Gasteiger partial charge in [0, 0.05) is 40.5 Å². The van der Waals surface area contributed by atoms with E-state index in [2.05, 4.69) is 58.0 Å². The summed E-state index contributed by atoms with van der Waals surface area (Å²) in [5.74, 6) is 0.343. The number of aromatic nitrogens is 1. The molecule has 0 saturated carbocycles. The van der Waals surface area contributed by atoms with E-state index in [-0.39, 0.29) is 5.41 Å². The van der Waals surface area contributed by atoms with Gasteiger partial charge in [-0.15, -0.1) is 0 Å². The fraction of sp³-hybridized carbons (Fsp3) is 0.292. The maximum Gasteiger partial charge on any atom is 0.132 e. The Kier molecular flexibility index (Phi) is 8.06. The molecule has 146 valence electrons. The summed E-state index contributed by atoms with van der Waals surface area (Å²) < 4.78 is 1.12. The molecule has 0 saturated heterocycles. The number of pyridine rings is 1. The molecule has 0 spiro atoms. The van der Waals surface area contributed by atoms with E-state index >= 15 is 0 Å². The van der Waals surface area contributed by atoms with E-state index in [0.717, 1.165) is 15.7 Å². The summed E-state index contributed by atoms with van der Waals surface area (Å²) in [6.07, 6.45) is 5.19. The minimum absolute atomic E-state index is 0.0963. The van der Waals surface area contributed by atoms with Gasteiger partial charge in [-0.2, -0.15) is 0 Å². The molecule has 1 aliphatic heterocycles. The average Bonchev–Trinajstić information content (AvgIpc) is 3.02. The third kappa shape index (κ3) is 6.10. The zero-order valence-electron chi connectivity index (χ0n) is 16.9. The quantitative estimate of drug-likeness (QED) is 0.429. The first-order chi connectivity index (χ1) is 13.4. The summed E-state index contributed by atoms with van der Waals surface area (Å²) in [5, 5.41) is 1.20. The Morgan fingerprint density at radius 2 is 1.68 bits per heavy atom. The van der Waals surface area contributed by atoms with Crippen LogP contribution in [0, 0.1) is 0 Å². The normalized spacial score (nSPS) is 13.0. The number of fused-ring (bicyclic) bond motifs is 2. The average molecular weight is 439 g/mol. The van der Waals surface area contributed by atoms with Crippen LogP contribution >= 0.6 is 15.9 Å². The van der Waals surface area contributed by atoms with E-state index in [1.165, 1.54) is 10.9 Å². The lowest BCUT2D eigenvalue weighted by molar-refractivity contribution is -0.118. The Morgan fingerprint density at radius 3 is 2.32 bits per heavy atom. The summed E-state index contributed by atoms with van der Waals surface area (Å²) >= 11 is 3.46. The molecular formula is C24H27BrN2O. The molecule has 1 aromatic heterocycles. The van der Waals surface area contributed by atoms with Crippen molar-refractivity contribution in [2.24, 2.45) is 4.99 Å². The Morgan fingerprint density at radius 1 is 1.00 bits per heavy atom. The lowest BCUT2D eigenvalue weighted by Gasteiger charge is -2.15. The van der Waals surface area contributed by atoms with Crippen molar-refractivity contribution in [2.45, 2.75) is 46.0 Å². The van der Waals surface area contributed by atoms with Gasteiger partial charge in [0.05, 0.1) is 11.2 Å². The molecule has 0 amide bonds. The van der Waals surface area contributed by atoms with Crippen LogP contribution in [-0.2, 0) is 10.2 Å². The highest BCUT2D eigenvalue weighted by Crippen LogP contribution is 2.37. The van der Waals surface area contributed by atoms with Gasteiger partial charge in [-0.3, -0.25) is 14.8 Å². The summed E-state index contributed by atoms with van der Waals surface area (Å²) in [6.45, 7) is 8.11. The zero-order chi connectivity index (χ0) is 20.6. The molecule has 0 atom stereocenters. The topological polar surface area (TPSA) is 42.3 Å². The summed E-state index contributed by atoms with van der Waals surface area (Å²) in [4.78, 5) is 18.7. The van der Waals surface area contributed by atoms with E-state index in [9.17, 15) is 4.79 Å². The van der Waals surface area contributed by atoms with Crippen molar-refractivity contribution in [1.82, 2.24) is 4.98 Å². The van der Waals surface area contributed by atoms with Gasteiger partial charge in [-0.25, -0.2) is 0 Å². The lowest BCUT2D eigenvalue weighted by atomic mass is 9.87. The van der Waals surface area contributed by atoms with Crippen LogP contribution in [0.15, 0.2) is 70.3 Å². The zero-order valence-corrected chi connectivity index (χ0v) is 18.5. The SMILES string of the molecule is CC1(C)C=Nc2ccc(Br)cc21.CCC(=O)CC.c1ccc2ncccc2c1. The number of Topliss-reactive ketones (excluding diaryl/α,β-unsaturated/α-hetero) is 1. The van der Waals surface area contributed by atoms with Crippen molar-refractivity contribution >= 4 is 44.5 Å². The number of hydrogen-bond donors (Lipinski definition) is 0. The highest BCUT2D eigenvalue weighted by atomic mass is 79.9. The molecule has 0 bridgehead atoms. The number of ketones is 1. The largest absolute Gasteiger partial charge is 0.300 e. The Bertz CT molecular complexity index is 892. The number of carbonyl (C=O) groups is 1. The van der Waals surface area contributed by atoms with Crippen molar-refractivity contribution in [3.8, 4) is 0 Å². The van der Waals surface area contributed by atoms with Gasteiger partial charge < -0.3 is 0 Å². The van der Waals surface area contributed by atoms with Crippen molar-refractivity contribution < 1.29 is 4.79 Å². The van der Waals surface area contributed by atoms with Crippen LogP contribution in [0.4, 0.5) is 5.69 Å². The Balaban J connectivity index is 0.000000160. The van der Waals surface area contributed by atoms with Crippen LogP contribution in [0.1, 0.15) is 46.1 Å². The smallest absolute Gasteiger partial charge is 0.132 e. The molecule has 4 rings (SSSR count). The number of hydrogen-bond acceptors (Lipinski definition) is 3. The molecule has 3 aromatic rings. The van der Waals surface area contributed by atoms with E-state index in [4.69, 9.17) is 0 Å². The predicted molar refractivity (Wildman–Crippen MR) is 123 cm³/mol. The second-order valence-corrected chi connectivity index (χ2v) is 8.00. The molecule has 2 aromatic carbocycles. The number of halogens is 1. The maximum atomic E-state index is 10.2. The van der Waals surface area contributed by atoms with Gasteiger partial charge >= 0.3 is 0 Å². The molecule has 28 heavy (non-hydrogen) atoms. The minimum atomic E-state index is 0.0963. The maximum absolute atomic E-state index is 10.2. The summed E-state index contributed by atoms with van der Waals surface area (Å²) in [7, 11) is 0. The van der Waals surface area contributed by atoms with Crippen LogP contribution in [-0.4, -0.2) is 17.0 Å². The molecule has 2 heterocycles. The highest BCUT2D eigenvalue weighted by Gasteiger charge is 2.26. The first-order valence-corrected chi connectivity index (χ1v) is 10.3. The second-order valence-electron chi connectivity index (χ2n) is 7.08. The van der Waals surface area contributed by atoms with Gasteiger partial charge in [0.25, 0.3) is 0 Å². The number of rotatable bonds is 2. The Labute approximate surface area is 176 Å². The summed E-state index contributed by atoms with van der Waals surface area (Å²) in [5.41, 5.74) is 3.56. The molecular weight excluding hydrogens is 412 g/mol. The molecule has 1 aliphatic rings.